The van der Waals surface area contributed by atoms with Gasteiger partial charge < -0.3 is 4.42 Å². The van der Waals surface area contributed by atoms with Gasteiger partial charge in [-0.05, 0) is 36.4 Å². The van der Waals surface area contributed by atoms with E-state index in [-0.39, 0.29) is 17.3 Å². The summed E-state index contributed by atoms with van der Waals surface area (Å²) < 4.78 is 17.6. The Bertz CT molecular complexity index is 788. The molecule has 0 aliphatic carbocycles. The van der Waals surface area contributed by atoms with E-state index in [1.807, 2.05) is 18.2 Å². The molecule has 0 spiro atoms. The van der Waals surface area contributed by atoms with Crippen molar-refractivity contribution in [2.75, 3.05) is 5.75 Å². The first-order valence-electron chi connectivity index (χ1n) is 6.29. The smallest absolute Gasteiger partial charge is 0.210 e. The molecule has 0 radical (unpaired) electrons. The van der Waals surface area contributed by atoms with E-state index < -0.39 is 10.8 Å². The minimum absolute atomic E-state index is 0.110. The van der Waals surface area contributed by atoms with Gasteiger partial charge in [-0.1, -0.05) is 29.8 Å². The number of benzene rings is 2. The predicted molar refractivity (Wildman–Crippen MR) is 83.3 cm³/mol. The number of furan rings is 1. The monoisotopic (exact) mass is 318 g/mol. The third kappa shape index (κ3) is 3.06. The zero-order chi connectivity index (χ0) is 14.8. The average molecular weight is 319 g/mol. The Morgan fingerprint density at radius 1 is 1.10 bits per heavy atom. The molecule has 0 amide bonds. The van der Waals surface area contributed by atoms with Gasteiger partial charge in [0.15, 0.2) is 5.76 Å². The Labute approximate surface area is 129 Å². The van der Waals surface area contributed by atoms with Crippen LogP contribution in [0.5, 0.6) is 0 Å². The van der Waals surface area contributed by atoms with Crippen molar-refractivity contribution in [3.05, 3.63) is 65.4 Å². The van der Waals surface area contributed by atoms with E-state index in [9.17, 15) is 9.00 Å². The summed E-state index contributed by atoms with van der Waals surface area (Å²) in [5.74, 6) is -0.153. The minimum atomic E-state index is -1.41. The Kier molecular flexibility index (Phi) is 3.90. The van der Waals surface area contributed by atoms with Crippen LogP contribution in [-0.4, -0.2) is 15.7 Å². The molecule has 0 bridgehead atoms. The number of hydrogen-bond acceptors (Lipinski definition) is 3. The highest BCUT2D eigenvalue weighted by molar-refractivity contribution is 7.85. The number of ketones is 1. The molecule has 0 saturated carbocycles. The lowest BCUT2D eigenvalue weighted by Crippen LogP contribution is -2.10. The second-order valence-corrected chi connectivity index (χ2v) is 6.40. The van der Waals surface area contributed by atoms with Gasteiger partial charge in [0, 0.05) is 15.3 Å². The van der Waals surface area contributed by atoms with Gasteiger partial charge in [0.05, 0.1) is 16.6 Å². The Morgan fingerprint density at radius 3 is 2.52 bits per heavy atom. The van der Waals surface area contributed by atoms with Crippen LogP contribution in [0.3, 0.4) is 0 Å². The van der Waals surface area contributed by atoms with Crippen LogP contribution >= 0.6 is 11.6 Å². The van der Waals surface area contributed by atoms with E-state index in [0.29, 0.717) is 15.5 Å². The van der Waals surface area contributed by atoms with E-state index in [1.165, 1.54) is 0 Å². The third-order valence-corrected chi connectivity index (χ3v) is 4.61. The average Bonchev–Trinajstić information content (AvgIpc) is 2.92. The lowest BCUT2D eigenvalue weighted by molar-refractivity contribution is 0.0993. The lowest BCUT2D eigenvalue weighted by Gasteiger charge is -2.00. The number of para-hydroxylation sites is 1. The van der Waals surface area contributed by atoms with Crippen molar-refractivity contribution in [1.82, 2.24) is 0 Å². The van der Waals surface area contributed by atoms with Gasteiger partial charge in [0.2, 0.25) is 5.78 Å². The van der Waals surface area contributed by atoms with Crippen LogP contribution in [0.25, 0.3) is 11.0 Å². The summed E-state index contributed by atoms with van der Waals surface area (Å²) in [5.41, 5.74) is 0.651. The van der Waals surface area contributed by atoms with Crippen LogP contribution in [0.15, 0.2) is 63.9 Å². The first-order chi connectivity index (χ1) is 10.1. The number of halogens is 1. The molecule has 3 nitrogen and oxygen atoms in total. The van der Waals surface area contributed by atoms with Crippen molar-refractivity contribution in [1.29, 1.82) is 0 Å². The summed E-state index contributed by atoms with van der Waals surface area (Å²) in [6, 6.07) is 15.7. The Balaban J connectivity index is 1.79. The number of carbonyl (C=O) groups excluding carboxylic acids is 1. The fourth-order valence-corrected chi connectivity index (χ4v) is 3.09. The van der Waals surface area contributed by atoms with E-state index in [2.05, 4.69) is 0 Å². The van der Waals surface area contributed by atoms with Crippen molar-refractivity contribution < 1.29 is 13.4 Å². The maximum absolute atomic E-state index is 12.2. The fourth-order valence-electron chi connectivity index (χ4n) is 1.98. The molecule has 0 saturated heterocycles. The highest BCUT2D eigenvalue weighted by atomic mass is 35.5. The molecular formula is C16H11ClO3S. The summed E-state index contributed by atoms with van der Waals surface area (Å²) in [7, 11) is -1.41. The van der Waals surface area contributed by atoms with E-state index in [1.54, 1.807) is 36.4 Å². The third-order valence-electron chi connectivity index (χ3n) is 3.04. The highest BCUT2D eigenvalue weighted by Gasteiger charge is 2.16. The molecule has 0 N–H and O–H groups in total. The number of rotatable bonds is 4. The second kappa shape index (κ2) is 5.84. The van der Waals surface area contributed by atoms with Gasteiger partial charge in [-0.15, -0.1) is 0 Å². The standard InChI is InChI=1S/C16H11ClO3S/c17-12-5-7-13(8-6-12)21(19)10-14(18)16-9-11-3-1-2-4-15(11)20-16/h1-9H,10H2. The van der Waals surface area contributed by atoms with Gasteiger partial charge in [-0.3, -0.25) is 9.00 Å². The zero-order valence-electron chi connectivity index (χ0n) is 10.9. The van der Waals surface area contributed by atoms with E-state index in [4.69, 9.17) is 16.0 Å². The molecule has 3 aromatic rings. The van der Waals surface area contributed by atoms with Gasteiger partial charge in [-0.25, -0.2) is 0 Å². The molecule has 1 aromatic heterocycles. The minimum Gasteiger partial charge on any atom is -0.453 e. The number of hydrogen-bond donors (Lipinski definition) is 0. The molecule has 106 valence electrons. The van der Waals surface area contributed by atoms with Crippen LogP contribution in [0.2, 0.25) is 5.02 Å². The van der Waals surface area contributed by atoms with Crippen molar-refractivity contribution >= 4 is 39.2 Å². The largest absolute Gasteiger partial charge is 0.453 e. The summed E-state index contributed by atoms with van der Waals surface area (Å²) in [6.45, 7) is 0. The molecule has 0 fully saturated rings. The zero-order valence-corrected chi connectivity index (χ0v) is 12.5. The molecule has 0 aliphatic heterocycles. The molecule has 0 aliphatic rings. The van der Waals surface area contributed by atoms with Crippen LogP contribution in [0, 0.1) is 0 Å². The fraction of sp³-hybridized carbons (Fsp3) is 0.0625. The highest BCUT2D eigenvalue weighted by Crippen LogP contribution is 2.20. The molecule has 1 unspecified atom stereocenters. The SMILES string of the molecule is O=C(CS(=O)c1ccc(Cl)cc1)c1cc2ccccc2o1. The van der Waals surface area contributed by atoms with Gasteiger partial charge in [-0.2, -0.15) is 0 Å². The molecule has 5 heteroatoms. The van der Waals surface area contributed by atoms with Crippen molar-refractivity contribution in [3.63, 3.8) is 0 Å². The molecule has 21 heavy (non-hydrogen) atoms. The van der Waals surface area contributed by atoms with Gasteiger partial charge in [0.1, 0.15) is 5.58 Å². The number of Topliss-reactive ketones (excluding diaryl/α,β-unsaturated/α-hetero) is 1. The van der Waals surface area contributed by atoms with Crippen LogP contribution < -0.4 is 0 Å². The normalized spacial score (nSPS) is 12.4. The van der Waals surface area contributed by atoms with Crippen LogP contribution in [0.4, 0.5) is 0 Å². The van der Waals surface area contributed by atoms with Gasteiger partial charge >= 0.3 is 0 Å². The molecule has 1 heterocycles. The number of fused-ring (bicyclic) bond motifs is 1. The molecule has 2 aromatic carbocycles. The topological polar surface area (TPSA) is 47.3 Å². The van der Waals surface area contributed by atoms with Crippen molar-refractivity contribution in [2.45, 2.75) is 4.90 Å². The molecule has 3 rings (SSSR count). The number of carbonyl (C=O) groups is 1. The van der Waals surface area contributed by atoms with Gasteiger partial charge in [0.25, 0.3) is 0 Å². The Morgan fingerprint density at radius 2 is 1.81 bits per heavy atom. The maximum Gasteiger partial charge on any atom is 0.210 e. The lowest BCUT2D eigenvalue weighted by atomic mass is 10.2. The summed E-state index contributed by atoms with van der Waals surface area (Å²) in [4.78, 5) is 12.7. The predicted octanol–water partition coefficient (Wildman–Crippen LogP) is 4.08. The van der Waals surface area contributed by atoms with Crippen LogP contribution in [-0.2, 0) is 10.8 Å². The Hall–Kier alpha value is -1.91. The molecular weight excluding hydrogens is 308 g/mol. The van der Waals surface area contributed by atoms with E-state index in [0.717, 1.165) is 5.39 Å². The first-order valence-corrected chi connectivity index (χ1v) is 7.99. The quantitative estimate of drug-likeness (QED) is 0.681. The summed E-state index contributed by atoms with van der Waals surface area (Å²) in [6.07, 6.45) is 0. The maximum atomic E-state index is 12.2. The summed E-state index contributed by atoms with van der Waals surface area (Å²) >= 11 is 5.78. The summed E-state index contributed by atoms with van der Waals surface area (Å²) in [5, 5.41) is 1.43. The molecule has 1 atom stereocenters. The van der Waals surface area contributed by atoms with Crippen molar-refractivity contribution in [2.24, 2.45) is 0 Å². The van der Waals surface area contributed by atoms with E-state index >= 15 is 0 Å². The first kappa shape index (κ1) is 14.0. The second-order valence-electron chi connectivity index (χ2n) is 4.52. The van der Waals surface area contributed by atoms with Crippen LogP contribution in [0.1, 0.15) is 10.6 Å². The van der Waals surface area contributed by atoms with Crippen molar-refractivity contribution in [3.8, 4) is 0 Å².